The van der Waals surface area contributed by atoms with Crippen molar-refractivity contribution in [2.75, 3.05) is 13.1 Å². The molecule has 1 saturated carbocycles. The molecule has 0 bridgehead atoms. The zero-order valence-electron chi connectivity index (χ0n) is 8.46. The zero-order valence-corrected chi connectivity index (χ0v) is 9.97. The van der Waals surface area contributed by atoms with Gasteiger partial charge < -0.3 is 5.11 Å². The Morgan fingerprint density at radius 1 is 1.40 bits per heavy atom. The van der Waals surface area contributed by atoms with Gasteiger partial charge in [0.25, 0.3) is 0 Å². The summed E-state index contributed by atoms with van der Waals surface area (Å²) in [5.41, 5.74) is 1.30. The SMILES string of the molecule is O=C(O)CN(CC(Cl)=CCl)C1CCCC1. The van der Waals surface area contributed by atoms with Gasteiger partial charge in [0.1, 0.15) is 0 Å². The molecule has 0 unspecified atom stereocenters. The summed E-state index contributed by atoms with van der Waals surface area (Å²) in [5.74, 6) is -0.819. The van der Waals surface area contributed by atoms with E-state index < -0.39 is 5.97 Å². The van der Waals surface area contributed by atoms with E-state index in [-0.39, 0.29) is 6.54 Å². The van der Waals surface area contributed by atoms with E-state index in [1.807, 2.05) is 4.90 Å². The third kappa shape index (κ3) is 4.41. The standard InChI is InChI=1S/C10H15Cl2NO2/c11-5-8(12)6-13(7-10(14)15)9-3-1-2-4-9/h5,9H,1-4,6-7H2,(H,14,15). The lowest BCUT2D eigenvalue weighted by molar-refractivity contribution is -0.138. The molecule has 86 valence electrons. The highest BCUT2D eigenvalue weighted by atomic mass is 35.5. The predicted octanol–water partition coefficient (Wildman–Crippen LogP) is 2.63. The first-order valence-electron chi connectivity index (χ1n) is 5.04. The number of hydrogen-bond acceptors (Lipinski definition) is 2. The van der Waals surface area contributed by atoms with Gasteiger partial charge in [-0.1, -0.05) is 36.0 Å². The molecule has 3 nitrogen and oxygen atoms in total. The highest BCUT2D eigenvalue weighted by molar-refractivity contribution is 6.36. The summed E-state index contributed by atoms with van der Waals surface area (Å²) in [4.78, 5) is 12.6. The molecular weight excluding hydrogens is 237 g/mol. The Labute approximate surface area is 99.7 Å². The smallest absolute Gasteiger partial charge is 0.317 e. The topological polar surface area (TPSA) is 40.5 Å². The Morgan fingerprint density at radius 2 is 2.00 bits per heavy atom. The molecule has 0 atom stereocenters. The molecule has 0 saturated heterocycles. The van der Waals surface area contributed by atoms with Gasteiger partial charge in [-0.25, -0.2) is 0 Å². The molecule has 0 aromatic carbocycles. The highest BCUT2D eigenvalue weighted by Crippen LogP contribution is 2.24. The number of carbonyl (C=O) groups is 1. The van der Waals surface area contributed by atoms with E-state index in [4.69, 9.17) is 28.3 Å². The maximum Gasteiger partial charge on any atom is 0.317 e. The van der Waals surface area contributed by atoms with E-state index in [0.29, 0.717) is 17.6 Å². The van der Waals surface area contributed by atoms with Gasteiger partial charge in [0.05, 0.1) is 6.54 Å². The van der Waals surface area contributed by atoms with Crippen LogP contribution in [0.15, 0.2) is 10.6 Å². The fourth-order valence-corrected chi connectivity index (χ4v) is 2.21. The van der Waals surface area contributed by atoms with Crippen LogP contribution in [-0.4, -0.2) is 35.1 Å². The van der Waals surface area contributed by atoms with Gasteiger partial charge in [-0.3, -0.25) is 9.69 Å². The molecule has 0 aromatic heterocycles. The minimum Gasteiger partial charge on any atom is -0.480 e. The van der Waals surface area contributed by atoms with Gasteiger partial charge in [-0.15, -0.1) is 0 Å². The molecule has 0 amide bonds. The number of carboxylic acids is 1. The maximum absolute atomic E-state index is 10.7. The molecule has 5 heteroatoms. The minimum atomic E-state index is -0.819. The van der Waals surface area contributed by atoms with Crippen LogP contribution in [0.4, 0.5) is 0 Å². The van der Waals surface area contributed by atoms with Crippen molar-refractivity contribution in [2.24, 2.45) is 0 Å². The van der Waals surface area contributed by atoms with Gasteiger partial charge >= 0.3 is 5.97 Å². The van der Waals surface area contributed by atoms with Crippen LogP contribution >= 0.6 is 23.2 Å². The average molecular weight is 252 g/mol. The molecule has 0 spiro atoms. The van der Waals surface area contributed by atoms with Crippen LogP contribution in [0.25, 0.3) is 0 Å². The highest BCUT2D eigenvalue weighted by Gasteiger charge is 2.24. The fraction of sp³-hybridized carbons (Fsp3) is 0.700. The molecule has 1 N–H and O–H groups in total. The molecule has 0 aromatic rings. The molecular formula is C10H15Cl2NO2. The molecule has 15 heavy (non-hydrogen) atoms. The first-order chi connectivity index (χ1) is 7.13. The Balaban J connectivity index is 2.55. The van der Waals surface area contributed by atoms with Crippen molar-refractivity contribution in [2.45, 2.75) is 31.7 Å². The maximum atomic E-state index is 10.7. The summed E-state index contributed by atoms with van der Waals surface area (Å²) in [7, 11) is 0. The van der Waals surface area contributed by atoms with Crippen molar-refractivity contribution in [1.82, 2.24) is 4.90 Å². The average Bonchev–Trinajstić information content (AvgIpc) is 2.68. The second-order valence-corrected chi connectivity index (χ2v) is 4.50. The van der Waals surface area contributed by atoms with Gasteiger partial charge in [0.2, 0.25) is 0 Å². The summed E-state index contributed by atoms with van der Waals surface area (Å²) in [5, 5.41) is 9.28. The van der Waals surface area contributed by atoms with Crippen LogP contribution in [0.1, 0.15) is 25.7 Å². The van der Waals surface area contributed by atoms with Crippen LogP contribution in [0.3, 0.4) is 0 Å². The summed E-state index contributed by atoms with van der Waals surface area (Å²) in [6.45, 7) is 0.466. The third-order valence-corrected chi connectivity index (χ3v) is 3.26. The first kappa shape index (κ1) is 12.8. The molecule has 1 aliphatic rings. The minimum absolute atomic E-state index is 0.0333. The Morgan fingerprint density at radius 3 is 2.47 bits per heavy atom. The molecule has 1 fully saturated rings. The van der Waals surface area contributed by atoms with Crippen molar-refractivity contribution in [3.8, 4) is 0 Å². The van der Waals surface area contributed by atoms with E-state index in [1.165, 1.54) is 18.4 Å². The quantitative estimate of drug-likeness (QED) is 0.817. The van der Waals surface area contributed by atoms with E-state index in [9.17, 15) is 4.79 Å². The fourth-order valence-electron chi connectivity index (χ4n) is 1.99. The number of nitrogens with zero attached hydrogens (tertiary/aromatic N) is 1. The lowest BCUT2D eigenvalue weighted by Crippen LogP contribution is -2.38. The van der Waals surface area contributed by atoms with E-state index in [2.05, 4.69) is 0 Å². The summed E-state index contributed by atoms with van der Waals surface area (Å²) in [6, 6.07) is 0.339. The Bertz CT molecular complexity index is 250. The second kappa shape index (κ2) is 6.36. The Kier molecular flexibility index (Phi) is 5.43. The lowest BCUT2D eigenvalue weighted by Gasteiger charge is -2.26. The zero-order chi connectivity index (χ0) is 11.3. The normalized spacial score (nSPS) is 18.7. The molecule has 1 rings (SSSR count). The molecule has 1 aliphatic carbocycles. The summed E-state index contributed by atoms with van der Waals surface area (Å²) in [6.07, 6.45) is 4.45. The van der Waals surface area contributed by atoms with Crippen LogP contribution in [0.5, 0.6) is 0 Å². The van der Waals surface area contributed by atoms with Crippen molar-refractivity contribution in [3.63, 3.8) is 0 Å². The van der Waals surface area contributed by atoms with Crippen molar-refractivity contribution in [1.29, 1.82) is 0 Å². The van der Waals surface area contributed by atoms with Crippen molar-refractivity contribution >= 4 is 29.2 Å². The predicted molar refractivity (Wildman–Crippen MR) is 61.3 cm³/mol. The number of hydrogen-bond donors (Lipinski definition) is 1. The van der Waals surface area contributed by atoms with Gasteiger partial charge in [0, 0.05) is 23.2 Å². The van der Waals surface area contributed by atoms with Crippen molar-refractivity contribution in [3.05, 3.63) is 10.6 Å². The first-order valence-corrected chi connectivity index (χ1v) is 5.85. The number of aliphatic carboxylic acids is 1. The number of halogens is 2. The number of carboxylic acid groups (broad SMARTS) is 1. The molecule has 0 heterocycles. The van der Waals surface area contributed by atoms with Gasteiger partial charge in [0.15, 0.2) is 0 Å². The van der Waals surface area contributed by atoms with Crippen LogP contribution in [0, 0.1) is 0 Å². The third-order valence-electron chi connectivity index (χ3n) is 2.65. The van der Waals surface area contributed by atoms with Crippen LogP contribution < -0.4 is 0 Å². The second-order valence-electron chi connectivity index (χ2n) is 3.79. The van der Waals surface area contributed by atoms with E-state index in [1.54, 1.807) is 0 Å². The largest absolute Gasteiger partial charge is 0.480 e. The lowest BCUT2D eigenvalue weighted by atomic mass is 10.2. The van der Waals surface area contributed by atoms with Gasteiger partial charge in [-0.2, -0.15) is 0 Å². The van der Waals surface area contributed by atoms with Gasteiger partial charge in [-0.05, 0) is 12.8 Å². The molecule has 0 aliphatic heterocycles. The summed E-state index contributed by atoms with van der Waals surface area (Å²) < 4.78 is 0. The molecule has 0 radical (unpaired) electrons. The Hall–Kier alpha value is -0.250. The monoisotopic (exact) mass is 251 g/mol. The van der Waals surface area contributed by atoms with E-state index >= 15 is 0 Å². The number of rotatable bonds is 5. The van der Waals surface area contributed by atoms with E-state index in [0.717, 1.165) is 12.8 Å². The summed E-state index contributed by atoms with van der Waals surface area (Å²) >= 11 is 11.3. The van der Waals surface area contributed by atoms with Crippen LogP contribution in [-0.2, 0) is 4.79 Å². The van der Waals surface area contributed by atoms with Crippen LogP contribution in [0.2, 0.25) is 0 Å². The van der Waals surface area contributed by atoms with Crippen molar-refractivity contribution < 1.29 is 9.90 Å².